The van der Waals surface area contributed by atoms with Gasteiger partial charge in [0.1, 0.15) is 5.66 Å². The average molecular weight is 628 g/mol. The van der Waals surface area contributed by atoms with Gasteiger partial charge in [-0.3, -0.25) is 14.2 Å². The van der Waals surface area contributed by atoms with E-state index in [0.717, 1.165) is 12.1 Å². The minimum absolute atomic E-state index is 0.0397. The van der Waals surface area contributed by atoms with Gasteiger partial charge in [0.05, 0.1) is 20.7 Å². The molecule has 0 fully saturated rings. The molecule has 39 heavy (non-hydrogen) atoms. The molecule has 1 aliphatic heterocycles. The SMILES string of the molecule is CC1(C)N=C(N)N=C(N)N1c1cc(Cl)c(OCC(=O)Nc2ccc(S(=O)(=O)F)cc2)c(Cl)c1.CCS(=O)(=O)O. The molecule has 1 amide bonds. The summed E-state index contributed by atoms with van der Waals surface area (Å²) in [5.74, 6) is -0.588. The van der Waals surface area contributed by atoms with Crippen LogP contribution in [0.3, 0.4) is 0 Å². The fourth-order valence-corrected chi connectivity index (χ4v) is 4.15. The van der Waals surface area contributed by atoms with Gasteiger partial charge in [0.2, 0.25) is 11.9 Å². The van der Waals surface area contributed by atoms with Crippen molar-refractivity contribution in [3.8, 4) is 5.75 Å². The van der Waals surface area contributed by atoms with E-state index in [0.29, 0.717) is 5.69 Å². The Morgan fingerprint density at radius 3 is 2.08 bits per heavy atom. The van der Waals surface area contributed by atoms with Gasteiger partial charge in [-0.2, -0.15) is 21.8 Å². The molecular weight excluding hydrogens is 602 g/mol. The number of nitrogens with one attached hydrogen (secondary N) is 1. The molecule has 18 heteroatoms. The van der Waals surface area contributed by atoms with Gasteiger partial charge in [0, 0.05) is 11.4 Å². The number of hydrogen-bond acceptors (Lipinski definition) is 11. The molecule has 3 rings (SSSR count). The summed E-state index contributed by atoms with van der Waals surface area (Å²) in [5.41, 5.74) is 11.5. The van der Waals surface area contributed by atoms with E-state index < -0.39 is 43.4 Å². The van der Waals surface area contributed by atoms with E-state index in [-0.39, 0.29) is 39.2 Å². The lowest BCUT2D eigenvalue weighted by Gasteiger charge is -2.38. The number of halogens is 3. The van der Waals surface area contributed by atoms with Crippen molar-refractivity contribution in [1.82, 2.24) is 0 Å². The molecule has 0 atom stereocenters. The number of carbonyl (C=O) groups is 1. The zero-order valence-corrected chi connectivity index (χ0v) is 23.9. The van der Waals surface area contributed by atoms with Crippen LogP contribution in [0.1, 0.15) is 20.8 Å². The predicted octanol–water partition coefficient (Wildman–Crippen LogP) is 2.75. The van der Waals surface area contributed by atoms with E-state index in [4.69, 9.17) is 44.0 Å². The molecule has 0 aliphatic carbocycles. The first kappa shape index (κ1) is 32.0. The first-order valence-corrected chi connectivity index (χ1v) is 14.5. The van der Waals surface area contributed by atoms with Crippen LogP contribution in [-0.2, 0) is 25.1 Å². The molecule has 0 spiro atoms. The number of nitrogens with two attached hydrogens (primary N) is 2. The van der Waals surface area contributed by atoms with Crippen LogP contribution >= 0.6 is 23.2 Å². The summed E-state index contributed by atoms with van der Waals surface area (Å²) in [6.45, 7) is 4.46. The van der Waals surface area contributed by atoms with Crippen LogP contribution in [0.15, 0.2) is 51.3 Å². The van der Waals surface area contributed by atoms with Crippen LogP contribution < -0.4 is 26.4 Å². The Morgan fingerprint density at radius 2 is 1.64 bits per heavy atom. The molecule has 13 nitrogen and oxygen atoms in total. The van der Waals surface area contributed by atoms with Crippen LogP contribution in [0.25, 0.3) is 0 Å². The van der Waals surface area contributed by atoms with Crippen molar-refractivity contribution < 1.29 is 34.8 Å². The molecule has 0 bridgehead atoms. The summed E-state index contributed by atoms with van der Waals surface area (Å²) in [4.78, 5) is 21.5. The summed E-state index contributed by atoms with van der Waals surface area (Å²) >= 11 is 12.7. The highest BCUT2D eigenvalue weighted by atomic mass is 35.5. The van der Waals surface area contributed by atoms with E-state index >= 15 is 0 Å². The van der Waals surface area contributed by atoms with Gasteiger partial charge in [0.15, 0.2) is 12.4 Å². The van der Waals surface area contributed by atoms with Gasteiger partial charge in [-0.05, 0) is 57.2 Å². The van der Waals surface area contributed by atoms with E-state index in [1.54, 1.807) is 18.7 Å². The van der Waals surface area contributed by atoms with Crippen molar-refractivity contribution in [2.45, 2.75) is 31.3 Å². The van der Waals surface area contributed by atoms with Crippen molar-refractivity contribution in [2.24, 2.45) is 21.5 Å². The third kappa shape index (κ3) is 9.21. The Hall–Kier alpha value is -3.18. The number of guanidine groups is 2. The van der Waals surface area contributed by atoms with Crippen LogP contribution in [0.4, 0.5) is 15.3 Å². The van der Waals surface area contributed by atoms with Crippen molar-refractivity contribution in [3.63, 3.8) is 0 Å². The second kappa shape index (κ2) is 12.3. The van der Waals surface area contributed by atoms with Crippen LogP contribution in [0.5, 0.6) is 5.75 Å². The summed E-state index contributed by atoms with van der Waals surface area (Å²) in [5, 5.41) is 2.69. The molecular formula is C21H25Cl2FN6O7S2. The lowest BCUT2D eigenvalue weighted by Crippen LogP contribution is -2.54. The fraction of sp³-hybridized carbons (Fsp3) is 0.286. The molecule has 0 saturated carbocycles. The predicted molar refractivity (Wildman–Crippen MR) is 147 cm³/mol. The molecule has 214 valence electrons. The Kier molecular flexibility index (Phi) is 10.1. The van der Waals surface area contributed by atoms with Gasteiger partial charge in [-0.1, -0.05) is 23.2 Å². The lowest BCUT2D eigenvalue weighted by atomic mass is 10.1. The highest BCUT2D eigenvalue weighted by Gasteiger charge is 2.33. The minimum atomic E-state index is -4.83. The first-order chi connectivity index (χ1) is 17.8. The summed E-state index contributed by atoms with van der Waals surface area (Å²) in [6.07, 6.45) is 0. The Morgan fingerprint density at radius 1 is 1.13 bits per heavy atom. The smallest absolute Gasteiger partial charge is 0.332 e. The zero-order chi connectivity index (χ0) is 29.8. The van der Waals surface area contributed by atoms with Crippen molar-refractivity contribution in [2.75, 3.05) is 22.6 Å². The number of benzene rings is 2. The lowest BCUT2D eigenvalue weighted by molar-refractivity contribution is -0.118. The van der Waals surface area contributed by atoms with E-state index in [1.165, 1.54) is 31.2 Å². The van der Waals surface area contributed by atoms with Crippen LogP contribution in [0.2, 0.25) is 10.0 Å². The van der Waals surface area contributed by atoms with Crippen molar-refractivity contribution in [3.05, 3.63) is 46.4 Å². The number of amides is 1. The van der Waals surface area contributed by atoms with E-state index in [1.807, 2.05) is 0 Å². The maximum absolute atomic E-state index is 12.9. The quantitative estimate of drug-likeness (QED) is 0.261. The number of ether oxygens (including phenoxy) is 1. The van der Waals surface area contributed by atoms with Gasteiger partial charge in [-0.15, -0.1) is 3.89 Å². The second-order valence-corrected chi connectivity index (χ2v) is 12.1. The van der Waals surface area contributed by atoms with Gasteiger partial charge >= 0.3 is 10.2 Å². The third-order valence-electron chi connectivity index (χ3n) is 4.77. The maximum Gasteiger partial charge on any atom is 0.332 e. The third-order valence-corrected chi connectivity index (χ3v) is 6.89. The first-order valence-electron chi connectivity index (χ1n) is 10.8. The molecule has 0 aromatic heterocycles. The fourth-order valence-electron chi connectivity index (χ4n) is 3.10. The van der Waals surface area contributed by atoms with E-state index in [9.17, 15) is 25.5 Å². The Bertz CT molecular complexity index is 1490. The number of anilines is 2. The number of aliphatic imine (C=N–C) groups is 2. The topological polar surface area (TPSA) is 207 Å². The largest absolute Gasteiger partial charge is 0.481 e. The van der Waals surface area contributed by atoms with Crippen LogP contribution in [-0.4, -0.2) is 57.2 Å². The normalized spacial score (nSPS) is 14.9. The number of carbonyl (C=O) groups excluding carboxylic acids is 1. The average Bonchev–Trinajstić information content (AvgIpc) is 2.77. The second-order valence-electron chi connectivity index (χ2n) is 8.18. The minimum Gasteiger partial charge on any atom is -0.481 e. The molecule has 2 aromatic rings. The Labute approximate surface area is 234 Å². The maximum atomic E-state index is 12.9. The number of nitrogens with zero attached hydrogens (tertiary/aromatic N) is 3. The highest BCUT2D eigenvalue weighted by Crippen LogP contribution is 2.39. The molecule has 6 N–H and O–H groups in total. The van der Waals surface area contributed by atoms with Crippen molar-refractivity contribution >= 4 is 72.7 Å². The van der Waals surface area contributed by atoms with Gasteiger partial charge in [0.25, 0.3) is 16.0 Å². The number of rotatable bonds is 7. The number of hydrogen-bond donors (Lipinski definition) is 4. The zero-order valence-electron chi connectivity index (χ0n) is 20.7. The molecule has 0 radical (unpaired) electrons. The molecule has 1 aliphatic rings. The molecule has 0 saturated heterocycles. The van der Waals surface area contributed by atoms with Crippen molar-refractivity contribution in [1.29, 1.82) is 0 Å². The summed E-state index contributed by atoms with van der Waals surface area (Å²) < 4.78 is 67.0. The molecule has 2 aromatic carbocycles. The standard InChI is InChI=1S/C19H19Cl2FN6O4S.C2H6O3S/c1-19(2)27-17(23)26-18(24)28(19)11-7-13(20)16(14(21)8-11)32-9-15(29)25-10-3-5-12(6-4-10)33(22,30)31;1-2-6(3,4)5/h3-8H,9H2,1-2H3,(H,25,29)(H4,23,24,26,27);2H2,1H3,(H,3,4,5). The van der Waals surface area contributed by atoms with Gasteiger partial charge in [-0.25, -0.2) is 4.99 Å². The van der Waals surface area contributed by atoms with Crippen LogP contribution in [0, 0.1) is 0 Å². The molecule has 1 heterocycles. The summed E-state index contributed by atoms with van der Waals surface area (Å²) in [7, 11) is -8.49. The van der Waals surface area contributed by atoms with E-state index in [2.05, 4.69) is 15.3 Å². The Balaban J connectivity index is 0.000000798. The summed E-state index contributed by atoms with van der Waals surface area (Å²) in [6, 6.07) is 7.57. The molecule has 0 unspecified atom stereocenters. The van der Waals surface area contributed by atoms with Gasteiger partial charge < -0.3 is 21.5 Å². The monoisotopic (exact) mass is 626 g/mol. The highest BCUT2D eigenvalue weighted by molar-refractivity contribution is 7.86.